The van der Waals surface area contributed by atoms with E-state index in [0.717, 1.165) is 0 Å². The first-order valence-electron chi connectivity index (χ1n) is 10.1. The normalized spacial score (nSPS) is 17.2. The number of esters is 1. The molecular formula is C24H23NO8. The highest BCUT2D eigenvalue weighted by Gasteiger charge is 2.45. The largest absolute Gasteiger partial charge is 0.507 e. The number of aliphatic hydroxyl groups excluding tert-OH is 1. The minimum Gasteiger partial charge on any atom is -0.507 e. The number of carbonyl (C=O) groups is 4. The van der Waals surface area contributed by atoms with E-state index in [1.54, 1.807) is 36.4 Å². The Morgan fingerprint density at radius 2 is 1.55 bits per heavy atom. The Hall–Kier alpha value is -4.14. The molecule has 33 heavy (non-hydrogen) atoms. The minimum absolute atomic E-state index is 0.000312. The van der Waals surface area contributed by atoms with Gasteiger partial charge in [0.25, 0.3) is 11.7 Å². The highest BCUT2D eigenvalue weighted by Crippen LogP contribution is 2.39. The first-order valence-corrected chi connectivity index (χ1v) is 10.1. The van der Waals surface area contributed by atoms with Crippen LogP contribution in [-0.2, 0) is 19.1 Å². The summed E-state index contributed by atoms with van der Waals surface area (Å²) in [6.07, 6.45) is -0.0584. The molecule has 0 aliphatic carbocycles. The van der Waals surface area contributed by atoms with Gasteiger partial charge in [0.2, 0.25) is 0 Å². The van der Waals surface area contributed by atoms with Gasteiger partial charge in [0.15, 0.2) is 0 Å². The molecule has 1 unspecified atom stereocenters. The van der Waals surface area contributed by atoms with Gasteiger partial charge >= 0.3 is 11.9 Å². The molecule has 9 nitrogen and oxygen atoms in total. The third-order valence-corrected chi connectivity index (χ3v) is 5.34. The van der Waals surface area contributed by atoms with Gasteiger partial charge in [-0.2, -0.15) is 0 Å². The molecule has 2 aromatic rings. The lowest BCUT2D eigenvalue weighted by molar-refractivity contribution is -0.140. The summed E-state index contributed by atoms with van der Waals surface area (Å²) < 4.78 is 9.81. The maximum atomic E-state index is 12.9. The Bertz CT molecular complexity index is 1100. The number of hydrogen-bond donors (Lipinski definition) is 2. The summed E-state index contributed by atoms with van der Waals surface area (Å²) in [5.41, 5.74) is 0.952. The fourth-order valence-electron chi connectivity index (χ4n) is 3.68. The number of likely N-dealkylation sites (tertiary alicyclic amines) is 1. The first kappa shape index (κ1) is 23.5. The highest BCUT2D eigenvalue weighted by atomic mass is 16.5. The maximum Gasteiger partial charge on any atom is 0.337 e. The number of Topliss-reactive ketones (excluding diaryl/α,β-unsaturated/α-hetero) is 1. The molecule has 1 aliphatic heterocycles. The third-order valence-electron chi connectivity index (χ3n) is 5.34. The summed E-state index contributed by atoms with van der Waals surface area (Å²) in [5.74, 6) is -3.09. The van der Waals surface area contributed by atoms with E-state index in [-0.39, 0.29) is 36.3 Å². The fraction of sp³-hybridized carbons (Fsp3) is 0.250. The van der Waals surface area contributed by atoms with Gasteiger partial charge < -0.3 is 24.6 Å². The zero-order valence-electron chi connectivity index (χ0n) is 18.1. The zero-order chi connectivity index (χ0) is 24.1. The van der Waals surface area contributed by atoms with Crippen molar-refractivity contribution >= 4 is 29.4 Å². The monoisotopic (exact) mass is 453 g/mol. The summed E-state index contributed by atoms with van der Waals surface area (Å²) >= 11 is 0. The average Bonchev–Trinajstić information content (AvgIpc) is 3.08. The maximum absolute atomic E-state index is 12.9. The van der Waals surface area contributed by atoms with Crippen molar-refractivity contribution in [1.82, 2.24) is 4.90 Å². The van der Waals surface area contributed by atoms with Crippen LogP contribution in [0.3, 0.4) is 0 Å². The molecule has 1 heterocycles. The van der Waals surface area contributed by atoms with Gasteiger partial charge in [0.1, 0.15) is 11.5 Å². The van der Waals surface area contributed by atoms with Crippen LogP contribution in [0.1, 0.15) is 40.4 Å². The van der Waals surface area contributed by atoms with Crippen molar-refractivity contribution in [2.45, 2.75) is 18.9 Å². The molecule has 0 spiro atoms. The van der Waals surface area contributed by atoms with Crippen LogP contribution in [0, 0.1) is 0 Å². The van der Waals surface area contributed by atoms with Crippen LogP contribution < -0.4 is 4.74 Å². The number of nitrogens with zero attached hydrogens (tertiary/aromatic N) is 1. The topological polar surface area (TPSA) is 130 Å². The number of carbonyl (C=O) groups excluding carboxylic acids is 3. The van der Waals surface area contributed by atoms with Gasteiger partial charge in [-0.1, -0.05) is 12.1 Å². The van der Waals surface area contributed by atoms with Crippen molar-refractivity contribution in [3.8, 4) is 5.75 Å². The molecule has 0 aromatic heterocycles. The predicted molar refractivity (Wildman–Crippen MR) is 117 cm³/mol. The van der Waals surface area contributed by atoms with E-state index in [0.29, 0.717) is 16.9 Å². The number of benzene rings is 2. The van der Waals surface area contributed by atoms with E-state index in [2.05, 4.69) is 0 Å². The molecule has 1 saturated heterocycles. The van der Waals surface area contributed by atoms with Crippen molar-refractivity contribution in [3.63, 3.8) is 0 Å². The lowest BCUT2D eigenvalue weighted by atomic mass is 9.94. The standard InChI is InChI=1S/C24H23NO8/c1-32-17-11-9-15(10-12-17)21(28)19-20(14-5-7-16(8-6-14)24(31)33-2)25(23(30)22(19)29)13-3-4-18(26)27/h5-12,20,28H,3-4,13H2,1-2H3,(H,26,27)/b21-19-. The summed E-state index contributed by atoms with van der Waals surface area (Å²) in [4.78, 5) is 49.7. The van der Waals surface area contributed by atoms with Gasteiger partial charge in [0, 0.05) is 18.5 Å². The summed E-state index contributed by atoms with van der Waals surface area (Å²) in [5, 5.41) is 19.9. The summed E-state index contributed by atoms with van der Waals surface area (Å²) in [7, 11) is 2.75. The van der Waals surface area contributed by atoms with E-state index in [9.17, 15) is 24.3 Å². The van der Waals surface area contributed by atoms with Gasteiger partial charge in [0.05, 0.1) is 31.4 Å². The number of rotatable bonds is 8. The minimum atomic E-state index is -1.02. The van der Waals surface area contributed by atoms with Crippen LogP contribution in [0.15, 0.2) is 54.1 Å². The average molecular weight is 453 g/mol. The van der Waals surface area contributed by atoms with Gasteiger partial charge in [-0.15, -0.1) is 0 Å². The van der Waals surface area contributed by atoms with Gasteiger partial charge in [-0.3, -0.25) is 14.4 Å². The predicted octanol–water partition coefficient (Wildman–Crippen LogP) is 2.77. The van der Waals surface area contributed by atoms with E-state index in [4.69, 9.17) is 14.6 Å². The molecule has 1 amide bonds. The summed E-state index contributed by atoms with van der Waals surface area (Å²) in [6.45, 7) is -0.000312. The summed E-state index contributed by atoms with van der Waals surface area (Å²) in [6, 6.07) is 11.5. The molecule has 0 radical (unpaired) electrons. The molecule has 9 heteroatoms. The number of amides is 1. The molecule has 3 rings (SSSR count). The molecule has 2 N–H and O–H groups in total. The molecule has 1 aliphatic rings. The first-order chi connectivity index (χ1) is 15.8. The zero-order valence-corrected chi connectivity index (χ0v) is 18.1. The van der Waals surface area contributed by atoms with Crippen LogP contribution in [-0.4, -0.2) is 59.5 Å². The van der Waals surface area contributed by atoms with Crippen LogP contribution in [0.2, 0.25) is 0 Å². The third kappa shape index (κ3) is 4.87. The van der Waals surface area contributed by atoms with E-state index in [1.165, 1.54) is 31.3 Å². The van der Waals surface area contributed by atoms with Crippen LogP contribution >= 0.6 is 0 Å². The van der Waals surface area contributed by atoms with Crippen LogP contribution in [0.5, 0.6) is 5.75 Å². The van der Waals surface area contributed by atoms with Gasteiger partial charge in [-0.05, 0) is 48.4 Å². The molecule has 0 bridgehead atoms. The number of methoxy groups -OCH3 is 2. The molecule has 172 valence electrons. The molecule has 0 saturated carbocycles. The van der Waals surface area contributed by atoms with E-state index < -0.39 is 29.7 Å². The van der Waals surface area contributed by atoms with Crippen molar-refractivity contribution in [2.75, 3.05) is 20.8 Å². The van der Waals surface area contributed by atoms with Crippen molar-refractivity contribution in [2.24, 2.45) is 0 Å². The second kappa shape index (κ2) is 9.99. The SMILES string of the molecule is COC(=O)c1ccc(C2/C(=C(/O)c3ccc(OC)cc3)C(=O)C(=O)N2CCCC(=O)O)cc1. The molecule has 2 aromatic carbocycles. The Kier molecular flexibility index (Phi) is 7.12. The Labute approximate surface area is 189 Å². The fourth-order valence-corrected chi connectivity index (χ4v) is 3.68. The van der Waals surface area contributed by atoms with Crippen LogP contribution in [0.4, 0.5) is 0 Å². The van der Waals surface area contributed by atoms with E-state index in [1.807, 2.05) is 0 Å². The highest BCUT2D eigenvalue weighted by molar-refractivity contribution is 6.46. The lowest BCUT2D eigenvalue weighted by Crippen LogP contribution is -2.31. The molecular weight excluding hydrogens is 430 g/mol. The van der Waals surface area contributed by atoms with Crippen molar-refractivity contribution < 1.29 is 38.9 Å². The van der Waals surface area contributed by atoms with E-state index >= 15 is 0 Å². The second-order valence-electron chi connectivity index (χ2n) is 7.33. The van der Waals surface area contributed by atoms with Gasteiger partial charge in [-0.25, -0.2) is 4.79 Å². The second-order valence-corrected chi connectivity index (χ2v) is 7.33. The quantitative estimate of drug-likeness (QED) is 0.270. The number of hydrogen-bond acceptors (Lipinski definition) is 7. The lowest BCUT2D eigenvalue weighted by Gasteiger charge is -2.25. The number of ether oxygens (including phenoxy) is 2. The number of carboxylic acids is 1. The van der Waals surface area contributed by atoms with Crippen LogP contribution in [0.25, 0.3) is 5.76 Å². The smallest absolute Gasteiger partial charge is 0.337 e. The van der Waals surface area contributed by atoms with Crippen molar-refractivity contribution in [1.29, 1.82) is 0 Å². The Morgan fingerprint density at radius 1 is 0.939 bits per heavy atom. The number of carboxylic acid groups (broad SMARTS) is 1. The van der Waals surface area contributed by atoms with Crippen molar-refractivity contribution in [3.05, 3.63) is 70.8 Å². The number of aliphatic hydroxyl groups is 1. The molecule has 1 atom stereocenters. The molecule has 1 fully saturated rings. The Morgan fingerprint density at radius 3 is 2.09 bits per heavy atom. The number of ketones is 1. The Balaban J connectivity index is 2.08. The number of aliphatic carboxylic acids is 1.